The summed E-state index contributed by atoms with van der Waals surface area (Å²) >= 11 is 0. The van der Waals surface area contributed by atoms with Gasteiger partial charge in [-0.05, 0) is 48.7 Å². The van der Waals surface area contributed by atoms with Crippen LogP contribution in [0, 0.1) is 18.2 Å². The molecule has 0 saturated carbocycles. The van der Waals surface area contributed by atoms with E-state index in [2.05, 4.69) is 20.5 Å². The van der Waals surface area contributed by atoms with E-state index in [1.54, 1.807) is 12.3 Å². The maximum Gasteiger partial charge on any atom is 0.324 e. The second-order valence-electron chi connectivity index (χ2n) is 9.07. The molecule has 1 aliphatic carbocycles. The highest BCUT2D eigenvalue weighted by molar-refractivity contribution is 5.88. The van der Waals surface area contributed by atoms with Gasteiger partial charge >= 0.3 is 6.01 Å². The molecule has 1 spiro atoms. The zero-order valence-electron chi connectivity index (χ0n) is 18.2. The standard InChI is InChI=1S/C24H25FN6O/c1-14-3-4-16(10-28-14)32-23-29-20-9-17-18(7-15(25)8-19(17)26-2)21(20)22(30-23)31-6-5-24(13-31)11-27-12-24/h3-4,7-8,10,26-27H,5-6,9,11-13H2,1-2H3. The fourth-order valence-electron chi connectivity index (χ4n) is 5.09. The van der Waals surface area contributed by atoms with Crippen LogP contribution in [0.2, 0.25) is 0 Å². The molecule has 164 valence electrons. The van der Waals surface area contributed by atoms with Gasteiger partial charge in [-0.3, -0.25) is 4.98 Å². The van der Waals surface area contributed by atoms with Gasteiger partial charge in [0.25, 0.3) is 0 Å². The minimum atomic E-state index is -0.265. The monoisotopic (exact) mass is 432 g/mol. The first-order chi connectivity index (χ1) is 15.5. The SMILES string of the molecule is CNc1cc(F)cc2c1Cc1nc(Oc3ccc(C)nc3)nc(N3CCC4(CNC4)C3)c1-2. The lowest BCUT2D eigenvalue weighted by Gasteiger charge is -2.39. The third-order valence-corrected chi connectivity index (χ3v) is 6.87. The van der Waals surface area contributed by atoms with Gasteiger partial charge in [-0.2, -0.15) is 9.97 Å². The number of hydrogen-bond acceptors (Lipinski definition) is 7. The molecule has 0 unspecified atom stereocenters. The van der Waals surface area contributed by atoms with Crippen LogP contribution in [0.25, 0.3) is 11.1 Å². The van der Waals surface area contributed by atoms with Crippen LogP contribution >= 0.6 is 0 Å². The molecule has 8 heteroatoms. The molecule has 6 rings (SSSR count). The lowest BCUT2D eigenvalue weighted by atomic mass is 9.81. The third kappa shape index (κ3) is 3.09. The Morgan fingerprint density at radius 2 is 2.09 bits per heavy atom. The van der Waals surface area contributed by atoms with Crippen LogP contribution in [-0.4, -0.2) is 48.2 Å². The summed E-state index contributed by atoms with van der Waals surface area (Å²) in [6, 6.07) is 7.21. The Kier molecular flexibility index (Phi) is 4.33. The van der Waals surface area contributed by atoms with Crippen molar-refractivity contribution in [3.8, 4) is 22.9 Å². The zero-order chi connectivity index (χ0) is 21.9. The van der Waals surface area contributed by atoms with Crippen LogP contribution in [0.1, 0.15) is 23.4 Å². The minimum Gasteiger partial charge on any atom is -0.423 e. The van der Waals surface area contributed by atoms with Gasteiger partial charge in [0, 0.05) is 62.0 Å². The van der Waals surface area contributed by atoms with E-state index in [9.17, 15) is 4.39 Å². The van der Waals surface area contributed by atoms with E-state index < -0.39 is 0 Å². The highest BCUT2D eigenvalue weighted by Crippen LogP contribution is 2.47. The summed E-state index contributed by atoms with van der Waals surface area (Å²) in [5.74, 6) is 1.17. The number of nitrogens with zero attached hydrogens (tertiary/aromatic N) is 4. The highest BCUT2D eigenvalue weighted by atomic mass is 19.1. The molecule has 3 aliphatic rings. The van der Waals surface area contributed by atoms with Crippen LogP contribution in [0.5, 0.6) is 11.8 Å². The number of benzene rings is 1. The van der Waals surface area contributed by atoms with Crippen molar-refractivity contribution in [1.82, 2.24) is 20.3 Å². The molecule has 2 aromatic heterocycles. The fraction of sp³-hybridized carbons (Fsp3) is 0.375. The number of ether oxygens (including phenoxy) is 1. The predicted molar refractivity (Wildman–Crippen MR) is 121 cm³/mol. The van der Waals surface area contributed by atoms with Gasteiger partial charge in [-0.1, -0.05) is 0 Å². The van der Waals surface area contributed by atoms with Gasteiger partial charge in [-0.25, -0.2) is 4.39 Å². The Morgan fingerprint density at radius 1 is 1.22 bits per heavy atom. The number of rotatable bonds is 4. The molecule has 32 heavy (non-hydrogen) atoms. The summed E-state index contributed by atoms with van der Waals surface area (Å²) in [5, 5.41) is 6.54. The van der Waals surface area contributed by atoms with Crippen LogP contribution in [0.3, 0.4) is 0 Å². The van der Waals surface area contributed by atoms with Crippen molar-refractivity contribution in [2.24, 2.45) is 5.41 Å². The molecule has 0 radical (unpaired) electrons. The van der Waals surface area contributed by atoms with Crippen molar-refractivity contribution in [2.75, 3.05) is 43.4 Å². The predicted octanol–water partition coefficient (Wildman–Crippen LogP) is 3.52. The maximum absolute atomic E-state index is 14.5. The molecule has 3 aromatic rings. The first-order valence-corrected chi connectivity index (χ1v) is 11.0. The van der Waals surface area contributed by atoms with Crippen molar-refractivity contribution < 1.29 is 9.13 Å². The number of halogens is 1. The Balaban J connectivity index is 1.46. The lowest BCUT2D eigenvalue weighted by Crippen LogP contribution is -2.54. The quantitative estimate of drug-likeness (QED) is 0.511. The number of anilines is 2. The van der Waals surface area contributed by atoms with Crippen LogP contribution in [0.15, 0.2) is 30.5 Å². The lowest BCUT2D eigenvalue weighted by molar-refractivity contribution is 0.199. The minimum absolute atomic E-state index is 0.265. The van der Waals surface area contributed by atoms with Gasteiger partial charge in [-0.15, -0.1) is 0 Å². The molecule has 4 heterocycles. The Morgan fingerprint density at radius 3 is 2.78 bits per heavy atom. The Bertz CT molecular complexity index is 1210. The molecular formula is C24H25FN6O. The summed E-state index contributed by atoms with van der Waals surface area (Å²) in [6.45, 7) is 5.84. The molecule has 0 amide bonds. The zero-order valence-corrected chi connectivity index (χ0v) is 18.2. The molecule has 2 N–H and O–H groups in total. The number of fused-ring (bicyclic) bond motifs is 3. The molecule has 2 saturated heterocycles. The molecular weight excluding hydrogens is 407 g/mol. The first-order valence-electron chi connectivity index (χ1n) is 11.0. The number of aromatic nitrogens is 3. The van der Waals surface area contributed by atoms with Crippen LogP contribution < -0.4 is 20.3 Å². The summed E-state index contributed by atoms with van der Waals surface area (Å²) in [6.07, 6.45) is 3.41. The normalized spacial score (nSPS) is 17.8. The molecule has 2 fully saturated rings. The van der Waals surface area contributed by atoms with E-state index in [4.69, 9.17) is 14.7 Å². The number of nitrogens with one attached hydrogen (secondary N) is 2. The Hall–Kier alpha value is -3.26. The third-order valence-electron chi connectivity index (χ3n) is 6.87. The topological polar surface area (TPSA) is 75.2 Å². The number of pyridine rings is 1. The van der Waals surface area contributed by atoms with E-state index in [0.29, 0.717) is 23.6 Å². The van der Waals surface area contributed by atoms with Crippen molar-refractivity contribution in [3.05, 3.63) is 53.2 Å². The molecule has 0 bridgehead atoms. The van der Waals surface area contributed by atoms with Crippen molar-refractivity contribution in [2.45, 2.75) is 19.8 Å². The van der Waals surface area contributed by atoms with Crippen LogP contribution in [-0.2, 0) is 6.42 Å². The molecule has 7 nitrogen and oxygen atoms in total. The van der Waals surface area contributed by atoms with Gasteiger partial charge in [0.05, 0.1) is 11.9 Å². The van der Waals surface area contributed by atoms with Gasteiger partial charge in [0.1, 0.15) is 17.4 Å². The van der Waals surface area contributed by atoms with Crippen molar-refractivity contribution >= 4 is 11.5 Å². The molecule has 1 aromatic carbocycles. The highest BCUT2D eigenvalue weighted by Gasteiger charge is 2.44. The van der Waals surface area contributed by atoms with E-state index in [1.807, 2.05) is 26.1 Å². The van der Waals surface area contributed by atoms with Crippen molar-refractivity contribution in [3.63, 3.8) is 0 Å². The average molecular weight is 433 g/mol. The largest absolute Gasteiger partial charge is 0.423 e. The fourth-order valence-corrected chi connectivity index (χ4v) is 5.09. The van der Waals surface area contributed by atoms with Crippen LogP contribution in [0.4, 0.5) is 15.9 Å². The van der Waals surface area contributed by atoms with E-state index >= 15 is 0 Å². The molecule has 2 aliphatic heterocycles. The second kappa shape index (κ2) is 7.13. The maximum atomic E-state index is 14.5. The smallest absolute Gasteiger partial charge is 0.324 e. The summed E-state index contributed by atoms with van der Waals surface area (Å²) in [5.41, 5.74) is 5.73. The van der Waals surface area contributed by atoms with E-state index in [0.717, 1.165) is 72.2 Å². The van der Waals surface area contributed by atoms with E-state index in [-0.39, 0.29) is 5.82 Å². The van der Waals surface area contributed by atoms with Gasteiger partial charge in [0.15, 0.2) is 0 Å². The van der Waals surface area contributed by atoms with Crippen molar-refractivity contribution in [1.29, 1.82) is 0 Å². The summed E-state index contributed by atoms with van der Waals surface area (Å²) in [4.78, 5) is 16.2. The number of aryl methyl sites for hydroxylation is 1. The average Bonchev–Trinajstić information content (AvgIpc) is 3.37. The first kappa shape index (κ1) is 19.4. The molecule has 0 atom stereocenters. The number of hydrogen-bond donors (Lipinski definition) is 2. The van der Waals surface area contributed by atoms with Gasteiger partial charge < -0.3 is 20.3 Å². The Labute approximate surface area is 186 Å². The summed E-state index contributed by atoms with van der Waals surface area (Å²) in [7, 11) is 1.82. The van der Waals surface area contributed by atoms with E-state index in [1.165, 1.54) is 6.07 Å². The second-order valence-corrected chi connectivity index (χ2v) is 9.07. The summed E-state index contributed by atoms with van der Waals surface area (Å²) < 4.78 is 20.5. The van der Waals surface area contributed by atoms with Gasteiger partial charge in [0.2, 0.25) is 0 Å².